The van der Waals surface area contributed by atoms with E-state index in [1.165, 1.54) is 0 Å². The molecule has 0 amide bonds. The summed E-state index contributed by atoms with van der Waals surface area (Å²) in [6, 6.07) is 15.3. The molecule has 28 heavy (non-hydrogen) atoms. The van der Waals surface area contributed by atoms with Crippen LogP contribution in [0.1, 0.15) is 0 Å². The van der Waals surface area contributed by atoms with Crippen LogP contribution < -0.4 is 10.1 Å². The number of anilines is 2. The summed E-state index contributed by atoms with van der Waals surface area (Å²) in [6.45, 7) is 0. The average molecular weight is 369 g/mol. The molecular formula is C21H15N5O2. The van der Waals surface area contributed by atoms with Gasteiger partial charge in [-0.1, -0.05) is 5.16 Å². The lowest BCUT2D eigenvalue weighted by Crippen LogP contribution is -2.00. The Bertz CT molecular complexity index is 1280. The Hall–Kier alpha value is -4.00. The molecule has 0 saturated carbocycles. The first-order valence-electron chi connectivity index (χ1n) is 8.68. The summed E-state index contributed by atoms with van der Waals surface area (Å²) >= 11 is 0. The molecule has 1 N–H and O–H groups in total. The van der Waals surface area contributed by atoms with Gasteiger partial charge in [0.1, 0.15) is 11.6 Å². The van der Waals surface area contributed by atoms with Crippen molar-refractivity contribution >= 4 is 33.4 Å². The van der Waals surface area contributed by atoms with Gasteiger partial charge in [-0.25, -0.2) is 9.97 Å². The third-order valence-electron chi connectivity index (χ3n) is 4.44. The van der Waals surface area contributed by atoms with E-state index in [1.807, 2.05) is 48.5 Å². The van der Waals surface area contributed by atoms with Crippen LogP contribution in [-0.2, 0) is 0 Å². The van der Waals surface area contributed by atoms with Crippen molar-refractivity contribution in [2.24, 2.45) is 0 Å². The second-order valence-electron chi connectivity index (χ2n) is 6.22. The maximum Gasteiger partial charge on any atom is 0.166 e. The number of benzene rings is 2. The molecule has 5 aromatic rings. The highest BCUT2D eigenvalue weighted by Gasteiger charge is 2.12. The van der Waals surface area contributed by atoms with E-state index in [2.05, 4.69) is 15.5 Å². The van der Waals surface area contributed by atoms with Gasteiger partial charge in [-0.05, 0) is 48.5 Å². The van der Waals surface area contributed by atoms with Gasteiger partial charge in [0.15, 0.2) is 11.4 Å². The Morgan fingerprint density at radius 3 is 2.82 bits per heavy atom. The number of nitrogens with one attached hydrogen (secondary N) is 1. The van der Waals surface area contributed by atoms with Crippen LogP contribution >= 0.6 is 0 Å². The van der Waals surface area contributed by atoms with Gasteiger partial charge >= 0.3 is 0 Å². The van der Waals surface area contributed by atoms with Crippen LogP contribution in [-0.4, -0.2) is 27.2 Å². The fourth-order valence-electron chi connectivity index (χ4n) is 3.04. The smallest absolute Gasteiger partial charge is 0.166 e. The van der Waals surface area contributed by atoms with Gasteiger partial charge in [-0.2, -0.15) is 0 Å². The largest absolute Gasteiger partial charge is 0.497 e. The molecule has 136 valence electrons. The second-order valence-corrected chi connectivity index (χ2v) is 6.22. The number of aromatic nitrogens is 4. The number of pyridine rings is 1. The van der Waals surface area contributed by atoms with Crippen molar-refractivity contribution in [1.82, 2.24) is 20.1 Å². The molecule has 7 nitrogen and oxygen atoms in total. The quantitative estimate of drug-likeness (QED) is 0.496. The van der Waals surface area contributed by atoms with Crippen LogP contribution in [0.2, 0.25) is 0 Å². The summed E-state index contributed by atoms with van der Waals surface area (Å²) in [5, 5.41) is 8.99. The molecule has 0 radical (unpaired) electrons. The number of fused-ring (bicyclic) bond motifs is 2. The second kappa shape index (κ2) is 6.62. The van der Waals surface area contributed by atoms with Crippen molar-refractivity contribution in [2.45, 2.75) is 0 Å². The van der Waals surface area contributed by atoms with Gasteiger partial charge in [0, 0.05) is 34.4 Å². The molecule has 0 unspecified atom stereocenters. The van der Waals surface area contributed by atoms with E-state index in [0.717, 1.165) is 38.9 Å². The molecule has 0 saturated heterocycles. The molecule has 7 heteroatoms. The van der Waals surface area contributed by atoms with Gasteiger partial charge in [0.2, 0.25) is 0 Å². The maximum absolute atomic E-state index is 5.38. The maximum atomic E-state index is 5.38. The highest BCUT2D eigenvalue weighted by atomic mass is 16.5. The van der Waals surface area contributed by atoms with Crippen molar-refractivity contribution in [2.75, 3.05) is 12.4 Å². The van der Waals surface area contributed by atoms with Gasteiger partial charge in [0.05, 0.1) is 18.8 Å². The lowest BCUT2D eigenvalue weighted by Gasteiger charge is -2.12. The Morgan fingerprint density at radius 1 is 1.00 bits per heavy atom. The third-order valence-corrected chi connectivity index (χ3v) is 4.44. The van der Waals surface area contributed by atoms with E-state index in [1.54, 1.807) is 25.7 Å². The van der Waals surface area contributed by atoms with E-state index in [-0.39, 0.29) is 0 Å². The van der Waals surface area contributed by atoms with Gasteiger partial charge in [0.25, 0.3) is 0 Å². The topological polar surface area (TPSA) is 86.0 Å². The minimum absolute atomic E-state index is 0.597. The molecule has 2 aromatic carbocycles. The zero-order chi connectivity index (χ0) is 18.9. The Balaban J connectivity index is 1.67. The summed E-state index contributed by atoms with van der Waals surface area (Å²) < 4.78 is 10.5. The number of methoxy groups -OCH3 is 1. The standard InChI is InChI=1S/C21H15N5O2/c1-27-16-5-6-18-17(10-16)21(26-20(25-18)13-3-2-8-22-11-13)24-15-4-7-19-14(9-15)12-23-28-19/h2-12H,1H3,(H,24,25,26). The normalized spacial score (nSPS) is 11.0. The first-order valence-corrected chi connectivity index (χ1v) is 8.68. The van der Waals surface area contributed by atoms with Crippen LogP contribution in [0.3, 0.4) is 0 Å². The minimum Gasteiger partial charge on any atom is -0.497 e. The predicted molar refractivity (Wildman–Crippen MR) is 107 cm³/mol. The van der Waals surface area contributed by atoms with Crippen LogP contribution in [0.15, 0.2) is 71.6 Å². The molecule has 0 aliphatic rings. The van der Waals surface area contributed by atoms with E-state index in [0.29, 0.717) is 11.6 Å². The highest BCUT2D eigenvalue weighted by Crippen LogP contribution is 2.30. The molecular weight excluding hydrogens is 354 g/mol. The summed E-state index contributed by atoms with van der Waals surface area (Å²) in [6.07, 6.45) is 5.16. The zero-order valence-corrected chi connectivity index (χ0v) is 15.0. The van der Waals surface area contributed by atoms with Crippen LogP contribution in [0.25, 0.3) is 33.3 Å². The summed E-state index contributed by atoms with van der Waals surface area (Å²) in [5.41, 5.74) is 3.26. The predicted octanol–water partition coefficient (Wildman–Crippen LogP) is 4.59. The highest BCUT2D eigenvalue weighted by molar-refractivity contribution is 5.94. The minimum atomic E-state index is 0.597. The Labute approximate surface area is 160 Å². The zero-order valence-electron chi connectivity index (χ0n) is 15.0. The fourth-order valence-corrected chi connectivity index (χ4v) is 3.04. The Kier molecular flexibility index (Phi) is 3.83. The van der Waals surface area contributed by atoms with Crippen LogP contribution in [0.4, 0.5) is 11.5 Å². The molecule has 0 atom stereocenters. The molecule has 3 heterocycles. The summed E-state index contributed by atoms with van der Waals surface area (Å²) in [5.74, 6) is 2.01. The van der Waals surface area contributed by atoms with E-state index >= 15 is 0 Å². The van der Waals surface area contributed by atoms with Crippen LogP contribution in [0, 0.1) is 0 Å². The number of ether oxygens (including phenoxy) is 1. The number of rotatable bonds is 4. The number of nitrogens with zero attached hydrogens (tertiary/aromatic N) is 4. The Morgan fingerprint density at radius 2 is 1.96 bits per heavy atom. The lowest BCUT2D eigenvalue weighted by molar-refractivity contribution is 0.415. The van der Waals surface area contributed by atoms with Crippen molar-refractivity contribution in [3.63, 3.8) is 0 Å². The van der Waals surface area contributed by atoms with E-state index in [9.17, 15) is 0 Å². The third kappa shape index (κ3) is 2.88. The number of hydrogen-bond acceptors (Lipinski definition) is 7. The molecule has 0 spiro atoms. The van der Waals surface area contributed by atoms with E-state index in [4.69, 9.17) is 19.2 Å². The molecule has 3 aromatic heterocycles. The molecule has 5 rings (SSSR count). The van der Waals surface area contributed by atoms with Gasteiger partial charge in [-0.3, -0.25) is 4.98 Å². The van der Waals surface area contributed by atoms with Crippen molar-refractivity contribution in [3.8, 4) is 17.1 Å². The van der Waals surface area contributed by atoms with E-state index < -0.39 is 0 Å². The molecule has 0 aliphatic heterocycles. The van der Waals surface area contributed by atoms with Crippen molar-refractivity contribution in [1.29, 1.82) is 0 Å². The summed E-state index contributed by atoms with van der Waals surface area (Å²) in [4.78, 5) is 13.6. The lowest BCUT2D eigenvalue weighted by atomic mass is 10.2. The van der Waals surface area contributed by atoms with Crippen LogP contribution in [0.5, 0.6) is 5.75 Å². The first kappa shape index (κ1) is 16.2. The SMILES string of the molecule is COc1ccc2nc(-c3cccnc3)nc(Nc3ccc4oncc4c3)c2c1. The molecule has 0 fully saturated rings. The molecule has 0 aliphatic carbocycles. The van der Waals surface area contributed by atoms with Crippen molar-refractivity contribution in [3.05, 3.63) is 67.1 Å². The molecule has 0 bridgehead atoms. The average Bonchev–Trinajstić information content (AvgIpc) is 3.22. The summed E-state index contributed by atoms with van der Waals surface area (Å²) in [7, 11) is 1.64. The monoisotopic (exact) mass is 369 g/mol. The fraction of sp³-hybridized carbons (Fsp3) is 0.0476. The van der Waals surface area contributed by atoms with Crippen molar-refractivity contribution < 1.29 is 9.26 Å². The first-order chi connectivity index (χ1) is 13.8. The number of hydrogen-bond donors (Lipinski definition) is 1. The van der Waals surface area contributed by atoms with Gasteiger partial charge < -0.3 is 14.6 Å². The van der Waals surface area contributed by atoms with Gasteiger partial charge in [-0.15, -0.1) is 0 Å².